The standard InChI is InChI=1S/C25H25ClN6OS/c1-16-12-31-15-27-11-18(31)13-32(16)24-19-9-10-30(14-21(19)28-25(29-24)34(2)33)22-8-4-6-17-5-3-7-20(26)23(17)22/h3-8,11,15-16H,9-10,12-14H2,1-2H3/t16-,34?/m1/s1. The molecule has 4 heterocycles. The summed E-state index contributed by atoms with van der Waals surface area (Å²) in [6, 6.07) is 12.5. The Morgan fingerprint density at radius 3 is 2.76 bits per heavy atom. The highest BCUT2D eigenvalue weighted by Gasteiger charge is 2.31. The summed E-state index contributed by atoms with van der Waals surface area (Å²) in [5, 5.41) is 3.31. The van der Waals surface area contributed by atoms with Crippen molar-refractivity contribution in [2.45, 2.75) is 44.2 Å². The SMILES string of the molecule is C[C@@H]1Cn2cncc2CN1c1nc(S(C)=O)nc2c1CCN(c1cccc3cccc(Cl)c13)C2. The van der Waals surface area contributed by atoms with Gasteiger partial charge in [-0.2, -0.15) is 0 Å². The minimum absolute atomic E-state index is 0.244. The molecule has 0 saturated heterocycles. The van der Waals surface area contributed by atoms with Gasteiger partial charge in [0.15, 0.2) is 0 Å². The minimum Gasteiger partial charge on any atom is -0.365 e. The lowest BCUT2D eigenvalue weighted by molar-refractivity contribution is 0.466. The summed E-state index contributed by atoms with van der Waals surface area (Å²) in [6.07, 6.45) is 6.26. The quantitative estimate of drug-likeness (QED) is 0.399. The van der Waals surface area contributed by atoms with Gasteiger partial charge in [0.05, 0.1) is 46.6 Å². The van der Waals surface area contributed by atoms with Crippen LogP contribution in [0.4, 0.5) is 11.5 Å². The molecule has 1 unspecified atom stereocenters. The Hall–Kier alpha value is -2.97. The molecule has 4 aromatic rings. The van der Waals surface area contributed by atoms with Crippen molar-refractivity contribution in [2.24, 2.45) is 0 Å². The van der Waals surface area contributed by atoms with Gasteiger partial charge in [-0.1, -0.05) is 35.9 Å². The van der Waals surface area contributed by atoms with E-state index in [2.05, 4.69) is 50.5 Å². The summed E-state index contributed by atoms with van der Waals surface area (Å²) in [6.45, 7) is 5.23. The third-order valence-corrected chi connectivity index (χ3v) is 7.86. The normalized spacial score (nSPS) is 18.6. The van der Waals surface area contributed by atoms with Gasteiger partial charge in [-0.15, -0.1) is 0 Å². The largest absolute Gasteiger partial charge is 0.365 e. The summed E-state index contributed by atoms with van der Waals surface area (Å²) in [5.41, 5.74) is 4.35. The molecule has 0 aliphatic carbocycles. The van der Waals surface area contributed by atoms with Crippen molar-refractivity contribution in [1.82, 2.24) is 19.5 Å². The van der Waals surface area contributed by atoms with E-state index in [1.54, 1.807) is 6.26 Å². The van der Waals surface area contributed by atoms with Gasteiger partial charge in [0, 0.05) is 48.2 Å². The molecule has 2 aliphatic rings. The molecule has 2 aliphatic heterocycles. The molecule has 0 saturated carbocycles. The van der Waals surface area contributed by atoms with Crippen LogP contribution in [0.1, 0.15) is 23.9 Å². The molecule has 0 N–H and O–H groups in total. The highest BCUT2D eigenvalue weighted by molar-refractivity contribution is 7.84. The first-order valence-corrected chi connectivity index (χ1v) is 13.3. The Balaban J connectivity index is 1.43. The van der Waals surface area contributed by atoms with E-state index in [4.69, 9.17) is 21.6 Å². The summed E-state index contributed by atoms with van der Waals surface area (Å²) >= 11 is 6.62. The van der Waals surface area contributed by atoms with Crippen LogP contribution < -0.4 is 9.80 Å². The second-order valence-corrected chi connectivity index (χ2v) is 10.7. The van der Waals surface area contributed by atoms with Crippen molar-refractivity contribution in [2.75, 3.05) is 22.6 Å². The molecule has 0 amide bonds. The zero-order valence-corrected chi connectivity index (χ0v) is 20.7. The Kier molecular flexibility index (Phi) is 5.30. The molecule has 0 fully saturated rings. The number of halogens is 1. The molecule has 0 bridgehead atoms. The van der Waals surface area contributed by atoms with Gasteiger partial charge >= 0.3 is 0 Å². The molecule has 2 aromatic heterocycles. The number of benzene rings is 2. The number of anilines is 2. The van der Waals surface area contributed by atoms with Gasteiger partial charge in [-0.3, -0.25) is 4.21 Å². The number of rotatable bonds is 3. The van der Waals surface area contributed by atoms with Crippen LogP contribution in [-0.4, -0.2) is 42.6 Å². The van der Waals surface area contributed by atoms with Gasteiger partial charge in [-0.05, 0) is 30.9 Å². The molecular weight excluding hydrogens is 468 g/mol. The lowest BCUT2D eigenvalue weighted by atomic mass is 10.0. The van der Waals surface area contributed by atoms with E-state index >= 15 is 0 Å². The van der Waals surface area contributed by atoms with Gasteiger partial charge < -0.3 is 14.4 Å². The predicted molar refractivity (Wildman–Crippen MR) is 136 cm³/mol. The average Bonchev–Trinajstić information content (AvgIpc) is 3.29. The van der Waals surface area contributed by atoms with Gasteiger partial charge in [0.2, 0.25) is 5.16 Å². The summed E-state index contributed by atoms with van der Waals surface area (Å²) < 4.78 is 14.7. The van der Waals surface area contributed by atoms with Crippen LogP contribution in [0.25, 0.3) is 10.8 Å². The molecule has 2 atom stereocenters. The van der Waals surface area contributed by atoms with Crippen LogP contribution in [-0.2, 0) is 36.9 Å². The number of aromatic nitrogens is 4. The maximum atomic E-state index is 12.5. The monoisotopic (exact) mass is 492 g/mol. The van der Waals surface area contributed by atoms with Crippen molar-refractivity contribution in [1.29, 1.82) is 0 Å². The maximum Gasteiger partial charge on any atom is 0.220 e. The molecule has 9 heteroatoms. The fourth-order valence-corrected chi connectivity index (χ4v) is 5.87. The first kappa shape index (κ1) is 21.6. The van der Waals surface area contributed by atoms with Gasteiger partial charge in [0.1, 0.15) is 5.82 Å². The number of imidazole rings is 1. The van der Waals surface area contributed by atoms with Crippen molar-refractivity contribution in [3.8, 4) is 0 Å². The Morgan fingerprint density at radius 2 is 1.94 bits per heavy atom. The fraction of sp³-hybridized carbons (Fsp3) is 0.320. The predicted octanol–water partition coefficient (Wildman–Crippen LogP) is 4.19. The van der Waals surface area contributed by atoms with Crippen LogP contribution in [0.15, 0.2) is 54.1 Å². The van der Waals surface area contributed by atoms with Crippen molar-refractivity contribution >= 4 is 44.7 Å². The number of hydrogen-bond donors (Lipinski definition) is 0. The Labute approximate surface area is 205 Å². The van der Waals surface area contributed by atoms with Crippen LogP contribution in [0.5, 0.6) is 0 Å². The molecule has 34 heavy (non-hydrogen) atoms. The molecule has 7 nitrogen and oxygen atoms in total. The minimum atomic E-state index is -1.28. The second kappa shape index (κ2) is 8.36. The van der Waals surface area contributed by atoms with E-state index in [0.29, 0.717) is 11.7 Å². The first-order valence-electron chi connectivity index (χ1n) is 11.4. The number of nitrogens with zero attached hydrogens (tertiary/aromatic N) is 6. The number of fused-ring (bicyclic) bond motifs is 3. The fourth-order valence-electron chi connectivity index (χ4n) is 5.14. The highest BCUT2D eigenvalue weighted by Crippen LogP contribution is 2.37. The second-order valence-electron chi connectivity index (χ2n) is 9.01. The summed E-state index contributed by atoms with van der Waals surface area (Å²) in [7, 11) is -1.28. The zero-order chi connectivity index (χ0) is 23.4. The van der Waals surface area contributed by atoms with Crippen LogP contribution in [0, 0.1) is 0 Å². The third-order valence-electron chi connectivity index (χ3n) is 6.85. The van der Waals surface area contributed by atoms with E-state index in [-0.39, 0.29) is 6.04 Å². The van der Waals surface area contributed by atoms with Gasteiger partial charge in [-0.25, -0.2) is 15.0 Å². The molecule has 0 spiro atoms. The van der Waals surface area contributed by atoms with Crippen LogP contribution in [0.2, 0.25) is 5.02 Å². The molecule has 174 valence electrons. The molecule has 0 radical (unpaired) electrons. The molecule has 6 rings (SSSR count). The molecular formula is C25H25ClN6OS. The van der Waals surface area contributed by atoms with E-state index in [1.165, 1.54) is 0 Å². The topological polar surface area (TPSA) is 67.2 Å². The lowest BCUT2D eigenvalue weighted by Gasteiger charge is -2.38. The van der Waals surface area contributed by atoms with Gasteiger partial charge in [0.25, 0.3) is 0 Å². The van der Waals surface area contributed by atoms with Crippen molar-refractivity contribution in [3.63, 3.8) is 0 Å². The zero-order valence-electron chi connectivity index (χ0n) is 19.1. The Bertz CT molecular complexity index is 1430. The average molecular weight is 493 g/mol. The first-order chi connectivity index (χ1) is 16.5. The van der Waals surface area contributed by atoms with Crippen LogP contribution in [0.3, 0.4) is 0 Å². The highest BCUT2D eigenvalue weighted by atomic mass is 35.5. The van der Waals surface area contributed by atoms with Crippen molar-refractivity contribution in [3.05, 3.63) is 70.9 Å². The van der Waals surface area contributed by atoms with E-state index in [0.717, 1.165) is 70.3 Å². The van der Waals surface area contributed by atoms with E-state index in [9.17, 15) is 4.21 Å². The third kappa shape index (κ3) is 3.56. The Morgan fingerprint density at radius 1 is 1.12 bits per heavy atom. The summed E-state index contributed by atoms with van der Waals surface area (Å²) in [5.74, 6) is 0.908. The summed E-state index contributed by atoms with van der Waals surface area (Å²) in [4.78, 5) is 18.6. The smallest absolute Gasteiger partial charge is 0.220 e. The maximum absolute atomic E-state index is 12.5. The lowest BCUT2D eigenvalue weighted by Crippen LogP contribution is -2.43. The van der Waals surface area contributed by atoms with Crippen molar-refractivity contribution < 1.29 is 4.21 Å². The molecule has 2 aromatic carbocycles. The number of hydrogen-bond acceptors (Lipinski definition) is 6. The van der Waals surface area contributed by atoms with Crippen LogP contribution >= 0.6 is 11.6 Å². The van der Waals surface area contributed by atoms with E-state index < -0.39 is 10.8 Å². The van der Waals surface area contributed by atoms with E-state index in [1.807, 2.05) is 24.7 Å².